The highest BCUT2D eigenvalue weighted by Crippen LogP contribution is 2.17. The van der Waals surface area contributed by atoms with Crippen LogP contribution >= 0.6 is 11.8 Å². The van der Waals surface area contributed by atoms with Gasteiger partial charge in [0, 0.05) is 24.1 Å². The Bertz CT molecular complexity index is 487. The number of carbonyl (C=O) groups is 2. The Kier molecular flexibility index (Phi) is 4.63. The number of carbonyl (C=O) groups excluding carboxylic acids is 2. The first-order chi connectivity index (χ1) is 9.18. The molecule has 0 spiro atoms. The SMILES string of the molecule is NC(=O)C1CSCCN1C(=O)C=Cc1ccccc1. The summed E-state index contributed by atoms with van der Waals surface area (Å²) >= 11 is 1.65. The Hall–Kier alpha value is -1.75. The molecule has 100 valence electrons. The summed E-state index contributed by atoms with van der Waals surface area (Å²) in [6.07, 6.45) is 3.25. The first-order valence-electron chi connectivity index (χ1n) is 6.09. The molecule has 0 aromatic heterocycles. The van der Waals surface area contributed by atoms with Crippen LogP contribution in [0.1, 0.15) is 5.56 Å². The van der Waals surface area contributed by atoms with Gasteiger partial charge in [-0.2, -0.15) is 11.8 Å². The van der Waals surface area contributed by atoms with Crippen LogP contribution in [0.4, 0.5) is 0 Å². The van der Waals surface area contributed by atoms with Crippen molar-refractivity contribution in [2.45, 2.75) is 6.04 Å². The highest BCUT2D eigenvalue weighted by Gasteiger charge is 2.29. The van der Waals surface area contributed by atoms with Crippen LogP contribution in [0, 0.1) is 0 Å². The summed E-state index contributed by atoms with van der Waals surface area (Å²) in [4.78, 5) is 25.0. The predicted molar refractivity (Wildman–Crippen MR) is 77.5 cm³/mol. The maximum Gasteiger partial charge on any atom is 0.247 e. The van der Waals surface area contributed by atoms with E-state index in [1.807, 2.05) is 30.3 Å². The molecule has 0 radical (unpaired) electrons. The molecule has 1 unspecified atom stereocenters. The largest absolute Gasteiger partial charge is 0.368 e. The molecule has 2 N–H and O–H groups in total. The Labute approximate surface area is 116 Å². The van der Waals surface area contributed by atoms with Crippen LogP contribution in [0.25, 0.3) is 6.08 Å². The molecule has 0 bridgehead atoms. The van der Waals surface area contributed by atoms with Gasteiger partial charge in [0.1, 0.15) is 6.04 Å². The second-order valence-electron chi connectivity index (χ2n) is 4.27. The standard InChI is InChI=1S/C14H16N2O2S/c15-14(18)12-10-19-9-8-16(12)13(17)7-6-11-4-2-1-3-5-11/h1-7,12H,8-10H2,(H2,15,18). The molecule has 1 aromatic carbocycles. The van der Waals surface area contributed by atoms with Gasteiger partial charge in [-0.05, 0) is 11.6 Å². The van der Waals surface area contributed by atoms with E-state index >= 15 is 0 Å². The molecule has 1 atom stereocenters. The number of rotatable bonds is 3. The molecule has 2 amide bonds. The van der Waals surface area contributed by atoms with Crippen LogP contribution in [-0.2, 0) is 9.59 Å². The van der Waals surface area contributed by atoms with E-state index in [9.17, 15) is 9.59 Å². The summed E-state index contributed by atoms with van der Waals surface area (Å²) in [7, 11) is 0. The lowest BCUT2D eigenvalue weighted by molar-refractivity contribution is -0.134. The van der Waals surface area contributed by atoms with Gasteiger partial charge >= 0.3 is 0 Å². The van der Waals surface area contributed by atoms with Gasteiger partial charge in [-0.25, -0.2) is 0 Å². The average molecular weight is 276 g/mol. The van der Waals surface area contributed by atoms with E-state index in [4.69, 9.17) is 5.73 Å². The number of nitrogens with zero attached hydrogens (tertiary/aromatic N) is 1. The third-order valence-corrected chi connectivity index (χ3v) is 3.98. The molecule has 1 saturated heterocycles. The van der Waals surface area contributed by atoms with Crippen molar-refractivity contribution in [3.8, 4) is 0 Å². The fourth-order valence-electron chi connectivity index (χ4n) is 1.93. The van der Waals surface area contributed by atoms with Crippen LogP contribution in [0.2, 0.25) is 0 Å². The van der Waals surface area contributed by atoms with Gasteiger partial charge in [-0.3, -0.25) is 9.59 Å². The molecule has 19 heavy (non-hydrogen) atoms. The molecule has 1 fully saturated rings. The third-order valence-electron chi connectivity index (χ3n) is 2.96. The van der Waals surface area contributed by atoms with Gasteiger partial charge in [0.2, 0.25) is 11.8 Å². The van der Waals surface area contributed by atoms with Crippen molar-refractivity contribution < 1.29 is 9.59 Å². The molecule has 0 aliphatic carbocycles. The molecule has 1 heterocycles. The molecule has 5 heteroatoms. The molecule has 1 aliphatic heterocycles. The summed E-state index contributed by atoms with van der Waals surface area (Å²) < 4.78 is 0. The van der Waals surface area contributed by atoms with Crippen LogP contribution in [0.3, 0.4) is 0 Å². The molecule has 1 aromatic rings. The summed E-state index contributed by atoms with van der Waals surface area (Å²) in [5, 5.41) is 0. The van der Waals surface area contributed by atoms with Crippen molar-refractivity contribution in [2.24, 2.45) is 5.73 Å². The maximum atomic E-state index is 12.1. The predicted octanol–water partition coefficient (Wildman–Crippen LogP) is 1.13. The Morgan fingerprint density at radius 3 is 2.74 bits per heavy atom. The summed E-state index contributed by atoms with van der Waals surface area (Å²) in [6.45, 7) is 0.566. The Morgan fingerprint density at radius 1 is 1.32 bits per heavy atom. The minimum Gasteiger partial charge on any atom is -0.368 e. The van der Waals surface area contributed by atoms with Crippen LogP contribution in [0.5, 0.6) is 0 Å². The topological polar surface area (TPSA) is 63.4 Å². The van der Waals surface area contributed by atoms with Gasteiger partial charge in [-0.1, -0.05) is 30.3 Å². The monoisotopic (exact) mass is 276 g/mol. The molecular weight excluding hydrogens is 260 g/mol. The van der Waals surface area contributed by atoms with Crippen LogP contribution in [0.15, 0.2) is 36.4 Å². The van der Waals surface area contributed by atoms with Crippen LogP contribution < -0.4 is 5.73 Å². The molecule has 2 rings (SSSR count). The number of hydrogen-bond acceptors (Lipinski definition) is 3. The first-order valence-corrected chi connectivity index (χ1v) is 7.25. The second kappa shape index (κ2) is 6.43. The van der Waals surface area contributed by atoms with E-state index in [1.54, 1.807) is 22.7 Å². The van der Waals surface area contributed by atoms with Gasteiger partial charge < -0.3 is 10.6 Å². The van der Waals surface area contributed by atoms with E-state index in [0.29, 0.717) is 12.3 Å². The normalized spacial score (nSPS) is 19.6. The lowest BCUT2D eigenvalue weighted by Crippen LogP contribution is -2.52. The summed E-state index contributed by atoms with van der Waals surface area (Å²) in [5.41, 5.74) is 6.29. The van der Waals surface area contributed by atoms with Crippen molar-refractivity contribution in [3.05, 3.63) is 42.0 Å². The van der Waals surface area contributed by atoms with Crippen molar-refractivity contribution in [3.63, 3.8) is 0 Å². The summed E-state index contributed by atoms with van der Waals surface area (Å²) in [5.74, 6) is 0.830. The van der Waals surface area contributed by atoms with Gasteiger partial charge in [0.05, 0.1) is 0 Å². The number of nitrogens with two attached hydrogens (primary N) is 1. The van der Waals surface area contributed by atoms with E-state index in [1.165, 1.54) is 6.08 Å². The second-order valence-corrected chi connectivity index (χ2v) is 5.42. The number of primary amides is 1. The van der Waals surface area contributed by atoms with E-state index in [0.717, 1.165) is 11.3 Å². The Balaban J connectivity index is 2.06. The highest BCUT2D eigenvalue weighted by molar-refractivity contribution is 7.99. The van der Waals surface area contributed by atoms with E-state index in [2.05, 4.69) is 0 Å². The number of hydrogen-bond donors (Lipinski definition) is 1. The molecule has 0 saturated carbocycles. The smallest absolute Gasteiger partial charge is 0.247 e. The van der Waals surface area contributed by atoms with Crippen molar-refractivity contribution in [1.82, 2.24) is 4.90 Å². The third kappa shape index (κ3) is 3.61. The lowest BCUT2D eigenvalue weighted by Gasteiger charge is -2.32. The fraction of sp³-hybridized carbons (Fsp3) is 0.286. The quantitative estimate of drug-likeness (QED) is 0.842. The van der Waals surface area contributed by atoms with Gasteiger partial charge in [-0.15, -0.1) is 0 Å². The van der Waals surface area contributed by atoms with Gasteiger partial charge in [0.15, 0.2) is 0 Å². The molecular formula is C14H16N2O2S. The number of benzene rings is 1. The minimum absolute atomic E-state index is 0.159. The molecule has 1 aliphatic rings. The highest BCUT2D eigenvalue weighted by atomic mass is 32.2. The van der Waals surface area contributed by atoms with Crippen molar-refractivity contribution >= 4 is 29.7 Å². The lowest BCUT2D eigenvalue weighted by atomic mass is 10.2. The first kappa shape index (κ1) is 13.7. The maximum absolute atomic E-state index is 12.1. The van der Waals surface area contributed by atoms with Crippen molar-refractivity contribution in [2.75, 3.05) is 18.1 Å². The van der Waals surface area contributed by atoms with Gasteiger partial charge in [0.25, 0.3) is 0 Å². The fourth-order valence-corrected chi connectivity index (χ4v) is 2.99. The zero-order valence-corrected chi connectivity index (χ0v) is 11.3. The zero-order chi connectivity index (χ0) is 13.7. The summed E-state index contributed by atoms with van der Waals surface area (Å²) in [6, 6.07) is 9.08. The van der Waals surface area contributed by atoms with E-state index < -0.39 is 11.9 Å². The average Bonchev–Trinajstić information content (AvgIpc) is 2.46. The Morgan fingerprint density at radius 2 is 2.05 bits per heavy atom. The van der Waals surface area contributed by atoms with E-state index in [-0.39, 0.29) is 5.91 Å². The molecule has 4 nitrogen and oxygen atoms in total. The van der Waals surface area contributed by atoms with Crippen LogP contribution in [-0.4, -0.2) is 40.8 Å². The number of thioether (sulfide) groups is 1. The zero-order valence-electron chi connectivity index (χ0n) is 10.5. The minimum atomic E-state index is -0.494. The number of amides is 2. The van der Waals surface area contributed by atoms with Crippen molar-refractivity contribution in [1.29, 1.82) is 0 Å².